The molecule has 0 saturated carbocycles. The number of carbonyl (C=O) groups is 2. The number of urea groups is 1. The molecule has 0 spiro atoms. The monoisotopic (exact) mass is 595 g/mol. The van der Waals surface area contributed by atoms with Crippen molar-refractivity contribution in [3.63, 3.8) is 0 Å². The minimum atomic E-state index is -4.57. The Labute approximate surface area is 242 Å². The third-order valence-corrected chi connectivity index (χ3v) is 6.70. The summed E-state index contributed by atoms with van der Waals surface area (Å²) >= 11 is 5.51. The average molecular weight is 596 g/mol. The number of amides is 2. The number of nitrogens with one attached hydrogen (secondary N) is 3. The topological polar surface area (TPSA) is 118 Å². The lowest BCUT2D eigenvalue weighted by atomic mass is 9.91. The maximum Gasteiger partial charge on any atom is 0.416 e. The normalized spacial score (nSPS) is 15.4. The van der Waals surface area contributed by atoms with Crippen LogP contribution in [0.1, 0.15) is 44.4 Å². The van der Waals surface area contributed by atoms with Gasteiger partial charge in [0, 0.05) is 19.6 Å². The van der Waals surface area contributed by atoms with E-state index in [9.17, 15) is 22.8 Å². The standard InChI is InChI=1S/C28H36F3N5O4S/c1-26(2,3)23(37)40-17-27(4,19-8-6-9-20(15-19)28(29,30)31)35-24(41)34-21-10-5-7-18(22(21)32)16-33-25(38)36-11-13-39-14-12-36/h5-10,15H,11-14,16-17,32H2,1-4H3,(H,33,38)(H2,34,35,41). The average Bonchev–Trinajstić information content (AvgIpc) is 2.91. The van der Waals surface area contributed by atoms with Gasteiger partial charge in [-0.1, -0.05) is 24.3 Å². The maximum atomic E-state index is 13.5. The minimum absolute atomic E-state index is 0.0397. The summed E-state index contributed by atoms with van der Waals surface area (Å²) in [5, 5.41) is 8.88. The highest BCUT2D eigenvalue weighted by molar-refractivity contribution is 7.80. The number of alkyl halides is 3. The molecule has 0 radical (unpaired) electrons. The highest BCUT2D eigenvalue weighted by Gasteiger charge is 2.36. The van der Waals surface area contributed by atoms with Gasteiger partial charge in [-0.25, -0.2) is 4.79 Å². The van der Waals surface area contributed by atoms with Crippen LogP contribution in [0.15, 0.2) is 42.5 Å². The molecule has 1 atom stereocenters. The summed E-state index contributed by atoms with van der Waals surface area (Å²) in [7, 11) is 0. The summed E-state index contributed by atoms with van der Waals surface area (Å²) in [4.78, 5) is 26.6. The highest BCUT2D eigenvalue weighted by Crippen LogP contribution is 2.33. The molecule has 0 bridgehead atoms. The van der Waals surface area contributed by atoms with Crippen molar-refractivity contribution in [3.05, 3.63) is 59.2 Å². The van der Waals surface area contributed by atoms with Crippen LogP contribution in [0, 0.1) is 5.41 Å². The lowest BCUT2D eigenvalue weighted by Crippen LogP contribution is -2.49. The first-order valence-corrected chi connectivity index (χ1v) is 13.4. The molecule has 224 valence electrons. The van der Waals surface area contributed by atoms with E-state index in [-0.39, 0.29) is 29.9 Å². The van der Waals surface area contributed by atoms with Crippen molar-refractivity contribution in [1.82, 2.24) is 15.5 Å². The van der Waals surface area contributed by atoms with Crippen molar-refractivity contribution in [2.45, 2.75) is 46.0 Å². The number of anilines is 2. The Bertz CT molecular complexity index is 1260. The zero-order valence-electron chi connectivity index (χ0n) is 23.5. The van der Waals surface area contributed by atoms with Gasteiger partial charge in [-0.05, 0) is 69.2 Å². The molecular weight excluding hydrogens is 559 g/mol. The number of thiocarbonyl (C=S) groups is 1. The second-order valence-corrected chi connectivity index (χ2v) is 11.4. The van der Waals surface area contributed by atoms with E-state index in [1.807, 2.05) is 0 Å². The Morgan fingerprint density at radius 3 is 2.32 bits per heavy atom. The lowest BCUT2D eigenvalue weighted by Gasteiger charge is -2.33. The molecule has 2 amide bonds. The van der Waals surface area contributed by atoms with Gasteiger partial charge >= 0.3 is 18.2 Å². The molecule has 0 aliphatic carbocycles. The van der Waals surface area contributed by atoms with Crippen molar-refractivity contribution in [2.24, 2.45) is 5.41 Å². The molecule has 1 saturated heterocycles. The van der Waals surface area contributed by atoms with E-state index in [4.69, 9.17) is 27.4 Å². The summed E-state index contributed by atoms with van der Waals surface area (Å²) in [5.41, 5.74) is 4.97. The third-order valence-electron chi connectivity index (χ3n) is 6.49. The van der Waals surface area contributed by atoms with Crippen LogP contribution >= 0.6 is 12.2 Å². The van der Waals surface area contributed by atoms with Crippen molar-refractivity contribution in [1.29, 1.82) is 0 Å². The van der Waals surface area contributed by atoms with E-state index in [1.54, 1.807) is 50.8 Å². The molecule has 41 heavy (non-hydrogen) atoms. The molecule has 2 aromatic carbocycles. The fraction of sp³-hybridized carbons (Fsp3) is 0.464. The van der Waals surface area contributed by atoms with E-state index in [2.05, 4.69) is 16.0 Å². The van der Waals surface area contributed by atoms with Gasteiger partial charge in [-0.2, -0.15) is 13.2 Å². The Hall–Kier alpha value is -3.58. The fourth-order valence-corrected chi connectivity index (χ4v) is 4.32. The molecule has 3 rings (SSSR count). The first kappa shape index (κ1) is 31.9. The number of nitrogen functional groups attached to an aromatic ring is 1. The summed E-state index contributed by atoms with van der Waals surface area (Å²) in [5.74, 6) is -0.521. The maximum absolute atomic E-state index is 13.5. The second kappa shape index (κ2) is 12.9. The van der Waals surface area contributed by atoms with Crippen LogP contribution in [0.25, 0.3) is 0 Å². The number of halogens is 3. The molecule has 2 aromatic rings. The molecule has 1 fully saturated rings. The van der Waals surface area contributed by atoms with Gasteiger partial charge in [0.15, 0.2) is 5.11 Å². The van der Waals surface area contributed by atoms with Gasteiger partial charge in [0.1, 0.15) is 6.61 Å². The zero-order chi connectivity index (χ0) is 30.4. The van der Waals surface area contributed by atoms with Crippen molar-refractivity contribution in [2.75, 3.05) is 44.0 Å². The quantitative estimate of drug-likeness (QED) is 0.208. The fourth-order valence-electron chi connectivity index (χ4n) is 3.99. The van der Waals surface area contributed by atoms with E-state index >= 15 is 0 Å². The van der Waals surface area contributed by atoms with Crippen molar-refractivity contribution >= 4 is 40.7 Å². The van der Waals surface area contributed by atoms with Crippen LogP contribution in [0.4, 0.5) is 29.3 Å². The molecular formula is C28H36F3N5O4S. The molecule has 9 nitrogen and oxygen atoms in total. The van der Waals surface area contributed by atoms with E-state index < -0.39 is 28.7 Å². The van der Waals surface area contributed by atoms with Crippen LogP contribution < -0.4 is 21.7 Å². The minimum Gasteiger partial charge on any atom is -0.462 e. The molecule has 1 unspecified atom stereocenters. The number of benzene rings is 2. The van der Waals surface area contributed by atoms with Gasteiger partial charge < -0.3 is 36.1 Å². The third kappa shape index (κ3) is 8.70. The number of rotatable bonds is 7. The largest absolute Gasteiger partial charge is 0.462 e. The van der Waals surface area contributed by atoms with Gasteiger partial charge in [-0.3, -0.25) is 4.79 Å². The molecule has 13 heteroatoms. The number of hydrogen-bond donors (Lipinski definition) is 4. The summed E-state index contributed by atoms with van der Waals surface area (Å²) in [6.45, 7) is 8.45. The number of morpholine rings is 1. The van der Waals surface area contributed by atoms with Gasteiger partial charge in [0.2, 0.25) is 0 Å². The number of nitrogens with zero attached hydrogens (tertiary/aromatic N) is 1. The molecule has 1 aliphatic heterocycles. The predicted octanol–water partition coefficient (Wildman–Crippen LogP) is 4.62. The molecule has 1 heterocycles. The Kier molecular flexibility index (Phi) is 10.1. The van der Waals surface area contributed by atoms with Gasteiger partial charge in [0.05, 0.1) is 41.1 Å². The lowest BCUT2D eigenvalue weighted by molar-refractivity contribution is -0.155. The Balaban J connectivity index is 1.77. The highest BCUT2D eigenvalue weighted by atomic mass is 32.1. The molecule has 1 aliphatic rings. The Morgan fingerprint density at radius 2 is 1.68 bits per heavy atom. The smallest absolute Gasteiger partial charge is 0.416 e. The number of esters is 1. The van der Waals surface area contributed by atoms with Crippen molar-refractivity contribution < 1.29 is 32.2 Å². The summed E-state index contributed by atoms with van der Waals surface area (Å²) in [6.07, 6.45) is -4.57. The second-order valence-electron chi connectivity index (χ2n) is 11.0. The number of para-hydroxylation sites is 1. The van der Waals surface area contributed by atoms with Crippen LogP contribution in [0.3, 0.4) is 0 Å². The SMILES string of the molecule is CC(C)(C)C(=O)OCC(C)(NC(=S)Nc1cccc(CNC(=O)N2CCOCC2)c1N)c1cccc(C(F)(F)F)c1. The molecule has 5 N–H and O–H groups in total. The number of hydrogen-bond acceptors (Lipinski definition) is 6. The predicted molar refractivity (Wildman–Crippen MR) is 154 cm³/mol. The number of carbonyl (C=O) groups excluding carboxylic acids is 2. The first-order valence-electron chi connectivity index (χ1n) is 13.0. The van der Waals surface area contributed by atoms with Crippen LogP contribution in [-0.4, -0.2) is 54.9 Å². The van der Waals surface area contributed by atoms with Crippen LogP contribution in [-0.2, 0) is 32.5 Å². The van der Waals surface area contributed by atoms with Gasteiger partial charge in [-0.15, -0.1) is 0 Å². The van der Waals surface area contributed by atoms with E-state index in [1.165, 1.54) is 12.1 Å². The molecule has 0 aromatic heterocycles. The van der Waals surface area contributed by atoms with Crippen LogP contribution in [0.2, 0.25) is 0 Å². The van der Waals surface area contributed by atoms with E-state index in [0.717, 1.165) is 12.1 Å². The van der Waals surface area contributed by atoms with Crippen molar-refractivity contribution in [3.8, 4) is 0 Å². The summed E-state index contributed by atoms with van der Waals surface area (Å²) < 4.78 is 51.2. The zero-order valence-corrected chi connectivity index (χ0v) is 24.3. The van der Waals surface area contributed by atoms with Crippen LogP contribution in [0.5, 0.6) is 0 Å². The Morgan fingerprint density at radius 1 is 1.05 bits per heavy atom. The summed E-state index contributed by atoms with van der Waals surface area (Å²) in [6, 6.07) is 9.68. The number of ether oxygens (including phenoxy) is 2. The first-order chi connectivity index (χ1) is 19.1. The van der Waals surface area contributed by atoms with Gasteiger partial charge in [0.25, 0.3) is 0 Å². The van der Waals surface area contributed by atoms with E-state index in [0.29, 0.717) is 43.2 Å². The number of nitrogens with two attached hydrogens (primary N) is 1.